The van der Waals surface area contributed by atoms with Crippen LogP contribution in [0.5, 0.6) is 0 Å². The van der Waals surface area contributed by atoms with Gasteiger partial charge < -0.3 is 0 Å². The third kappa shape index (κ3) is 4.04. The van der Waals surface area contributed by atoms with Crippen molar-refractivity contribution in [3.63, 3.8) is 0 Å². The van der Waals surface area contributed by atoms with Crippen molar-refractivity contribution in [2.24, 2.45) is 5.92 Å². The van der Waals surface area contributed by atoms with Crippen LogP contribution in [0.2, 0.25) is 0 Å². The normalized spacial score (nSPS) is 11.0. The van der Waals surface area contributed by atoms with Crippen LogP contribution in [0.1, 0.15) is 50.2 Å². The zero-order valence-corrected chi connectivity index (χ0v) is 13.0. The smallest absolute Gasteiger partial charge is 0.145 e. The summed E-state index contributed by atoms with van der Waals surface area (Å²) in [5, 5.41) is 0. The van der Waals surface area contributed by atoms with Crippen LogP contribution in [0.3, 0.4) is 0 Å². The van der Waals surface area contributed by atoms with Crippen LogP contribution in [0.15, 0.2) is 60.7 Å². The molecule has 0 unspecified atom stereocenters. The van der Waals surface area contributed by atoms with E-state index in [0.29, 0.717) is 18.1 Å². The van der Waals surface area contributed by atoms with Crippen LogP contribution in [-0.2, 0) is 4.79 Å². The molecule has 2 rings (SSSR count). The first-order valence-corrected chi connectivity index (χ1v) is 7.88. The van der Waals surface area contributed by atoms with Crippen molar-refractivity contribution in [1.82, 2.24) is 0 Å². The lowest BCUT2D eigenvalue weighted by Gasteiger charge is -2.20. The molecular weight excluding hydrogens is 256 g/mol. The molecule has 2 aromatic carbocycles. The molecule has 0 aliphatic rings. The van der Waals surface area contributed by atoms with Crippen molar-refractivity contribution in [2.45, 2.75) is 39.0 Å². The number of hydrogen-bond acceptors (Lipinski definition) is 1. The van der Waals surface area contributed by atoms with Gasteiger partial charge in [-0.25, -0.2) is 0 Å². The lowest BCUT2D eigenvalue weighted by molar-refractivity contribution is -0.120. The molecule has 0 heterocycles. The van der Waals surface area contributed by atoms with Gasteiger partial charge in [-0.3, -0.25) is 4.79 Å². The fourth-order valence-electron chi connectivity index (χ4n) is 2.83. The molecule has 1 nitrogen and oxygen atoms in total. The molecule has 0 fully saturated rings. The number of ketones is 1. The minimum atomic E-state index is -0.131. The van der Waals surface area contributed by atoms with E-state index in [1.807, 2.05) is 36.4 Å². The zero-order chi connectivity index (χ0) is 15.1. The molecule has 21 heavy (non-hydrogen) atoms. The van der Waals surface area contributed by atoms with Gasteiger partial charge in [0.15, 0.2) is 0 Å². The summed E-state index contributed by atoms with van der Waals surface area (Å²) >= 11 is 0. The molecule has 0 saturated carbocycles. The highest BCUT2D eigenvalue weighted by Gasteiger charge is 2.24. The second kappa shape index (κ2) is 7.78. The van der Waals surface area contributed by atoms with Gasteiger partial charge in [-0.1, -0.05) is 87.4 Å². The van der Waals surface area contributed by atoms with Gasteiger partial charge in [0.1, 0.15) is 5.78 Å². The average Bonchev–Trinajstić information content (AvgIpc) is 2.55. The molecule has 0 saturated heterocycles. The van der Waals surface area contributed by atoms with Crippen LogP contribution >= 0.6 is 0 Å². The van der Waals surface area contributed by atoms with Crippen molar-refractivity contribution < 1.29 is 4.79 Å². The Morgan fingerprint density at radius 2 is 1.24 bits per heavy atom. The molecule has 110 valence electrons. The molecular formula is C20H24O. The van der Waals surface area contributed by atoms with Gasteiger partial charge in [0, 0.05) is 6.42 Å². The van der Waals surface area contributed by atoms with Crippen molar-refractivity contribution in [3.05, 3.63) is 71.8 Å². The Labute approximate surface area is 128 Å². The standard InChI is InChI=1S/C20H24O/c1-3-16(4-2)15-19(21)20(17-11-7-5-8-12-17)18-13-9-6-10-14-18/h5-14,16,20H,3-4,15H2,1-2H3. The van der Waals surface area contributed by atoms with Crippen LogP contribution in [0.25, 0.3) is 0 Å². The minimum Gasteiger partial charge on any atom is -0.299 e. The van der Waals surface area contributed by atoms with Gasteiger partial charge in [-0.15, -0.1) is 0 Å². The fraction of sp³-hybridized carbons (Fsp3) is 0.350. The van der Waals surface area contributed by atoms with Gasteiger partial charge in [0.25, 0.3) is 0 Å². The summed E-state index contributed by atoms with van der Waals surface area (Å²) in [7, 11) is 0. The maximum absolute atomic E-state index is 12.9. The third-order valence-corrected chi connectivity index (χ3v) is 4.23. The number of rotatable bonds is 7. The molecule has 0 bridgehead atoms. The van der Waals surface area contributed by atoms with E-state index in [0.717, 1.165) is 24.0 Å². The second-order valence-electron chi connectivity index (χ2n) is 5.61. The van der Waals surface area contributed by atoms with E-state index in [1.165, 1.54) is 0 Å². The number of carbonyl (C=O) groups is 1. The van der Waals surface area contributed by atoms with Crippen molar-refractivity contribution in [1.29, 1.82) is 0 Å². The maximum Gasteiger partial charge on any atom is 0.145 e. The van der Waals surface area contributed by atoms with E-state index in [-0.39, 0.29) is 5.92 Å². The molecule has 0 amide bonds. The summed E-state index contributed by atoms with van der Waals surface area (Å²) in [6.45, 7) is 4.34. The Balaban J connectivity index is 2.31. The van der Waals surface area contributed by atoms with E-state index in [4.69, 9.17) is 0 Å². The van der Waals surface area contributed by atoms with Gasteiger partial charge in [-0.05, 0) is 17.0 Å². The highest BCUT2D eigenvalue weighted by atomic mass is 16.1. The number of carbonyl (C=O) groups excluding carboxylic acids is 1. The number of Topliss-reactive ketones (excluding diaryl/α,β-unsaturated/α-hetero) is 1. The van der Waals surface area contributed by atoms with E-state index in [2.05, 4.69) is 38.1 Å². The number of benzene rings is 2. The van der Waals surface area contributed by atoms with Gasteiger partial charge in [-0.2, -0.15) is 0 Å². The summed E-state index contributed by atoms with van der Waals surface area (Å²) in [6.07, 6.45) is 2.80. The maximum atomic E-state index is 12.9. The van der Waals surface area contributed by atoms with Crippen LogP contribution in [0, 0.1) is 5.92 Å². The lowest BCUT2D eigenvalue weighted by Crippen LogP contribution is -2.17. The van der Waals surface area contributed by atoms with Gasteiger partial charge in [0.2, 0.25) is 0 Å². The zero-order valence-electron chi connectivity index (χ0n) is 13.0. The molecule has 0 aliphatic heterocycles. The Morgan fingerprint density at radius 1 is 0.810 bits per heavy atom. The largest absolute Gasteiger partial charge is 0.299 e. The van der Waals surface area contributed by atoms with Crippen molar-refractivity contribution in [3.8, 4) is 0 Å². The molecule has 2 aromatic rings. The molecule has 0 N–H and O–H groups in total. The molecule has 0 spiro atoms. The Morgan fingerprint density at radius 3 is 1.62 bits per heavy atom. The van der Waals surface area contributed by atoms with E-state index < -0.39 is 0 Å². The van der Waals surface area contributed by atoms with E-state index >= 15 is 0 Å². The first-order chi connectivity index (χ1) is 10.3. The molecule has 0 aromatic heterocycles. The van der Waals surface area contributed by atoms with Crippen molar-refractivity contribution >= 4 is 5.78 Å². The summed E-state index contributed by atoms with van der Waals surface area (Å²) in [4.78, 5) is 12.9. The molecule has 0 aliphatic carbocycles. The highest BCUT2D eigenvalue weighted by Crippen LogP contribution is 2.29. The van der Waals surface area contributed by atoms with Crippen molar-refractivity contribution in [2.75, 3.05) is 0 Å². The predicted molar refractivity (Wildman–Crippen MR) is 88.4 cm³/mol. The van der Waals surface area contributed by atoms with Gasteiger partial charge in [0.05, 0.1) is 5.92 Å². The monoisotopic (exact) mass is 280 g/mol. The number of hydrogen-bond donors (Lipinski definition) is 0. The Bertz CT molecular complexity index is 501. The van der Waals surface area contributed by atoms with E-state index in [9.17, 15) is 4.79 Å². The second-order valence-corrected chi connectivity index (χ2v) is 5.61. The van der Waals surface area contributed by atoms with E-state index in [1.54, 1.807) is 0 Å². The quantitative estimate of drug-likeness (QED) is 0.680. The third-order valence-electron chi connectivity index (χ3n) is 4.23. The molecule has 0 radical (unpaired) electrons. The first-order valence-electron chi connectivity index (χ1n) is 7.88. The lowest BCUT2D eigenvalue weighted by atomic mass is 9.83. The minimum absolute atomic E-state index is 0.131. The summed E-state index contributed by atoms with van der Waals surface area (Å²) < 4.78 is 0. The Kier molecular flexibility index (Phi) is 5.74. The fourth-order valence-corrected chi connectivity index (χ4v) is 2.83. The highest BCUT2D eigenvalue weighted by molar-refractivity contribution is 5.89. The van der Waals surface area contributed by atoms with Crippen LogP contribution in [-0.4, -0.2) is 5.78 Å². The van der Waals surface area contributed by atoms with Gasteiger partial charge >= 0.3 is 0 Å². The molecule has 0 atom stereocenters. The molecule has 1 heteroatoms. The topological polar surface area (TPSA) is 17.1 Å². The summed E-state index contributed by atoms with van der Waals surface area (Å²) in [5.74, 6) is 0.696. The van der Waals surface area contributed by atoms with Crippen LogP contribution in [0.4, 0.5) is 0 Å². The SMILES string of the molecule is CCC(CC)CC(=O)C(c1ccccc1)c1ccccc1. The summed E-state index contributed by atoms with van der Waals surface area (Å²) in [6, 6.07) is 20.3. The summed E-state index contributed by atoms with van der Waals surface area (Å²) in [5.41, 5.74) is 2.19. The van der Waals surface area contributed by atoms with Crippen LogP contribution < -0.4 is 0 Å². The predicted octanol–water partition coefficient (Wildman–Crippen LogP) is 5.21. The first kappa shape index (κ1) is 15.5. The average molecular weight is 280 g/mol. The Hall–Kier alpha value is -1.89.